The predicted octanol–water partition coefficient (Wildman–Crippen LogP) is 5.48. The third-order valence-corrected chi connectivity index (χ3v) is 8.00. The molecule has 4 rings (SSSR count). The molecular weight excluding hydrogens is 452 g/mol. The van der Waals surface area contributed by atoms with E-state index in [1.54, 1.807) is 23.5 Å². The van der Waals surface area contributed by atoms with Crippen molar-refractivity contribution in [2.24, 2.45) is 7.05 Å². The number of rotatable bonds is 6. The van der Waals surface area contributed by atoms with Gasteiger partial charge >= 0.3 is 0 Å². The Morgan fingerprint density at radius 2 is 1.79 bits per heavy atom. The molecule has 5 nitrogen and oxygen atoms in total. The third-order valence-electron chi connectivity index (χ3n) is 5.69. The summed E-state index contributed by atoms with van der Waals surface area (Å²) in [4.78, 5) is 1.92. The number of hydrogen-bond acceptors (Lipinski definition) is 4. The smallest absolute Gasteiger partial charge is 0.294 e. The number of para-hydroxylation sites is 1. The van der Waals surface area contributed by atoms with Gasteiger partial charge in [-0.05, 0) is 55.3 Å². The largest absolute Gasteiger partial charge is 0.370 e. The molecule has 4 aromatic rings. The second-order valence-electron chi connectivity index (χ2n) is 8.30. The highest BCUT2D eigenvalue weighted by Crippen LogP contribution is 2.27. The van der Waals surface area contributed by atoms with Gasteiger partial charge in [-0.1, -0.05) is 53.3 Å². The van der Waals surface area contributed by atoms with Crippen LogP contribution in [0.1, 0.15) is 28.6 Å². The molecule has 1 aromatic heterocycles. The molecule has 0 bridgehead atoms. The second kappa shape index (κ2) is 9.09. The number of anilines is 1. The first kappa shape index (κ1) is 23.2. The Labute approximate surface area is 199 Å². The average Bonchev–Trinajstić information content (AvgIpc) is 3.10. The van der Waals surface area contributed by atoms with E-state index in [0.29, 0.717) is 12.1 Å². The molecule has 1 heterocycles. The van der Waals surface area contributed by atoms with Crippen LogP contribution in [0, 0.1) is 6.92 Å². The minimum absolute atomic E-state index is 0.0497. The van der Waals surface area contributed by atoms with Crippen LogP contribution in [0.15, 0.2) is 71.6 Å². The zero-order valence-electron chi connectivity index (χ0n) is 19.1. The molecule has 0 amide bonds. The van der Waals surface area contributed by atoms with Crippen LogP contribution in [0.4, 0.5) is 5.69 Å². The van der Waals surface area contributed by atoms with E-state index in [1.165, 1.54) is 26.9 Å². The summed E-state index contributed by atoms with van der Waals surface area (Å²) in [6.07, 6.45) is 2.17. The fourth-order valence-corrected chi connectivity index (χ4v) is 5.83. The van der Waals surface area contributed by atoms with E-state index in [2.05, 4.69) is 61.0 Å². The molecule has 0 radical (unpaired) electrons. The summed E-state index contributed by atoms with van der Waals surface area (Å²) < 4.78 is 36.6. The molecular formula is C26H27N2O3S2+. The van der Waals surface area contributed by atoms with Crippen molar-refractivity contribution in [3.05, 3.63) is 88.4 Å². The summed E-state index contributed by atoms with van der Waals surface area (Å²) in [5.74, 6) is 0. The van der Waals surface area contributed by atoms with Gasteiger partial charge in [0.25, 0.3) is 15.1 Å². The van der Waals surface area contributed by atoms with Gasteiger partial charge < -0.3 is 4.90 Å². The molecule has 7 heteroatoms. The Morgan fingerprint density at radius 1 is 1.09 bits per heavy atom. The zero-order valence-corrected chi connectivity index (χ0v) is 20.7. The fourth-order valence-electron chi connectivity index (χ4n) is 4.01. The summed E-state index contributed by atoms with van der Waals surface area (Å²) >= 11 is 1.78. The van der Waals surface area contributed by atoms with E-state index in [-0.39, 0.29) is 4.90 Å². The normalized spacial score (nSPS) is 12.3. The quantitative estimate of drug-likeness (QED) is 0.294. The number of hydrogen-bond donors (Lipinski definition) is 1. The van der Waals surface area contributed by atoms with Gasteiger partial charge in [-0.15, -0.1) is 0 Å². The van der Waals surface area contributed by atoms with E-state index >= 15 is 0 Å². The summed E-state index contributed by atoms with van der Waals surface area (Å²) in [5, 5.41) is 1.22. The average molecular weight is 480 g/mol. The van der Waals surface area contributed by atoms with Crippen molar-refractivity contribution in [3.8, 4) is 0 Å². The van der Waals surface area contributed by atoms with Crippen molar-refractivity contribution >= 4 is 49.0 Å². The van der Waals surface area contributed by atoms with Gasteiger partial charge in [0.1, 0.15) is 11.7 Å². The van der Waals surface area contributed by atoms with E-state index in [4.69, 9.17) is 0 Å². The van der Waals surface area contributed by atoms with E-state index < -0.39 is 10.1 Å². The van der Waals surface area contributed by atoms with Crippen molar-refractivity contribution in [2.45, 2.75) is 25.3 Å². The van der Waals surface area contributed by atoms with Crippen molar-refractivity contribution < 1.29 is 17.5 Å². The van der Waals surface area contributed by atoms with Crippen LogP contribution in [-0.4, -0.2) is 20.0 Å². The number of aryl methyl sites for hydroxylation is 2. The molecule has 0 aliphatic heterocycles. The molecule has 0 unspecified atom stereocenters. The molecule has 3 aromatic carbocycles. The van der Waals surface area contributed by atoms with Crippen molar-refractivity contribution in [1.29, 1.82) is 0 Å². The van der Waals surface area contributed by atoms with Crippen molar-refractivity contribution in [1.82, 2.24) is 0 Å². The van der Waals surface area contributed by atoms with Crippen LogP contribution in [0.3, 0.4) is 0 Å². The summed E-state index contributed by atoms with van der Waals surface area (Å²) in [6, 6.07) is 21.5. The summed E-state index contributed by atoms with van der Waals surface area (Å²) in [6.45, 7) is 4.39. The zero-order chi connectivity index (χ0) is 23.8. The van der Waals surface area contributed by atoms with Gasteiger partial charge in [0.05, 0.1) is 4.90 Å². The van der Waals surface area contributed by atoms with Crippen LogP contribution in [-0.2, 0) is 23.7 Å². The molecule has 0 fully saturated rings. The number of nitrogens with zero attached hydrogens (tertiary/aromatic N) is 2. The van der Waals surface area contributed by atoms with Crippen molar-refractivity contribution in [2.75, 3.05) is 11.9 Å². The standard InChI is InChI=1S/C26H26N2O3S2/c1-18-9-14-25(33(29,30)31)21(15-18)17-27(3)22-12-10-20(11-13-22)16-19(2)26-28(4)23-7-5-6-8-24(23)32-26/h5-16H,17H2,1-4H3/p+1. The first-order valence-electron chi connectivity index (χ1n) is 10.6. The topological polar surface area (TPSA) is 61.5 Å². The molecule has 0 aliphatic rings. The molecule has 0 saturated carbocycles. The first-order valence-corrected chi connectivity index (χ1v) is 12.8. The Balaban J connectivity index is 1.56. The van der Waals surface area contributed by atoms with Crippen LogP contribution in [0.5, 0.6) is 0 Å². The summed E-state index contributed by atoms with van der Waals surface area (Å²) in [5.41, 5.74) is 5.98. The lowest BCUT2D eigenvalue weighted by Crippen LogP contribution is -2.29. The number of benzene rings is 3. The first-order chi connectivity index (χ1) is 15.6. The minimum Gasteiger partial charge on any atom is -0.370 e. The van der Waals surface area contributed by atoms with Gasteiger partial charge in [0.2, 0.25) is 5.52 Å². The Morgan fingerprint density at radius 3 is 2.45 bits per heavy atom. The molecule has 0 aliphatic carbocycles. The van der Waals surface area contributed by atoms with E-state index in [1.807, 2.05) is 31.0 Å². The maximum absolute atomic E-state index is 11.8. The number of thiazole rings is 1. The highest BCUT2D eigenvalue weighted by Gasteiger charge is 2.18. The van der Waals surface area contributed by atoms with E-state index in [9.17, 15) is 13.0 Å². The number of aromatic nitrogens is 1. The molecule has 1 N–H and O–H groups in total. The lowest BCUT2D eigenvalue weighted by Gasteiger charge is -2.21. The highest BCUT2D eigenvalue weighted by molar-refractivity contribution is 7.85. The number of allylic oxidation sites excluding steroid dienone is 1. The Bertz CT molecular complexity index is 1450. The van der Waals surface area contributed by atoms with Gasteiger partial charge in [0, 0.05) is 30.9 Å². The summed E-state index contributed by atoms with van der Waals surface area (Å²) in [7, 11) is -0.274. The Kier molecular flexibility index (Phi) is 6.38. The van der Waals surface area contributed by atoms with Gasteiger partial charge in [-0.3, -0.25) is 4.55 Å². The molecule has 0 atom stereocenters. The maximum Gasteiger partial charge on any atom is 0.294 e. The van der Waals surface area contributed by atoms with Gasteiger partial charge in [-0.25, -0.2) is 0 Å². The van der Waals surface area contributed by atoms with Crippen LogP contribution in [0.25, 0.3) is 21.9 Å². The molecule has 170 valence electrons. The maximum atomic E-state index is 11.8. The molecule has 0 saturated heterocycles. The SMILES string of the molecule is C/C(=C\c1ccc(N(C)Cc2cc(C)ccc2S(=O)(=O)O)cc1)c1sc2ccccc2[n+]1C. The molecule has 0 spiro atoms. The van der Waals surface area contributed by atoms with Crippen LogP contribution in [0.2, 0.25) is 0 Å². The lowest BCUT2D eigenvalue weighted by molar-refractivity contribution is -0.642. The third kappa shape index (κ3) is 5.00. The predicted molar refractivity (Wildman–Crippen MR) is 136 cm³/mol. The monoisotopic (exact) mass is 479 g/mol. The lowest BCUT2D eigenvalue weighted by atomic mass is 10.1. The van der Waals surface area contributed by atoms with Crippen LogP contribution < -0.4 is 9.47 Å². The van der Waals surface area contributed by atoms with Gasteiger partial charge in [0.15, 0.2) is 0 Å². The second-order valence-corrected chi connectivity index (χ2v) is 10.7. The highest BCUT2D eigenvalue weighted by atomic mass is 32.2. The molecule has 33 heavy (non-hydrogen) atoms. The van der Waals surface area contributed by atoms with Crippen LogP contribution >= 0.6 is 11.3 Å². The van der Waals surface area contributed by atoms with Crippen molar-refractivity contribution in [3.63, 3.8) is 0 Å². The number of fused-ring (bicyclic) bond motifs is 1. The Hall–Kier alpha value is -3.00. The minimum atomic E-state index is -4.27. The van der Waals surface area contributed by atoms with Gasteiger partial charge in [-0.2, -0.15) is 13.0 Å². The fraction of sp³-hybridized carbons (Fsp3) is 0.192. The van der Waals surface area contributed by atoms with E-state index in [0.717, 1.165) is 16.8 Å².